The third-order valence-electron chi connectivity index (χ3n) is 7.48. The second kappa shape index (κ2) is 11.6. The van der Waals surface area contributed by atoms with Crippen LogP contribution in [-0.2, 0) is 12.8 Å². The number of aryl methyl sites for hydroxylation is 2. The maximum atomic E-state index is 11.0. The van der Waals surface area contributed by atoms with Crippen molar-refractivity contribution in [2.45, 2.75) is 66.0 Å². The van der Waals surface area contributed by atoms with Gasteiger partial charge in [0.15, 0.2) is 0 Å². The highest BCUT2D eigenvalue weighted by Crippen LogP contribution is 2.35. The minimum absolute atomic E-state index is 0.302. The average molecular weight is 567 g/mol. The standard InChI is InChI=1S/C34H42N2O2Si2/c1-9-23-17-28(39(3,4)5)19-26(33(23)37)21-35-30-15-11-13-25-14-12-16-31(32(25)30)36-22-27-20-29(40(6,7)8)18-24(10-2)34(27)38/h11-22,37-38H,9-10H2,1-8H3. The highest BCUT2D eigenvalue weighted by atomic mass is 28.3. The van der Waals surface area contributed by atoms with Gasteiger partial charge in [-0.25, -0.2) is 0 Å². The molecule has 0 aliphatic heterocycles. The number of fused-ring (bicyclic) bond motifs is 1. The van der Waals surface area contributed by atoms with Crippen LogP contribution in [0.2, 0.25) is 39.3 Å². The van der Waals surface area contributed by atoms with Gasteiger partial charge >= 0.3 is 0 Å². The summed E-state index contributed by atoms with van der Waals surface area (Å²) in [4.78, 5) is 9.77. The molecule has 0 fully saturated rings. The molecule has 40 heavy (non-hydrogen) atoms. The van der Waals surface area contributed by atoms with Gasteiger partial charge in [0.25, 0.3) is 0 Å². The SMILES string of the molecule is CCc1cc([Si](C)(C)C)cc(C=Nc2cccc3cccc(N=Cc4cc([Si](C)(C)C)cc(CC)c4O)c23)c1O. The molecule has 208 valence electrons. The molecular formula is C34H42N2O2Si2. The van der Waals surface area contributed by atoms with Gasteiger partial charge in [-0.2, -0.15) is 0 Å². The first-order valence-electron chi connectivity index (χ1n) is 14.2. The zero-order valence-electron chi connectivity index (χ0n) is 25.1. The van der Waals surface area contributed by atoms with Crippen molar-refractivity contribution in [1.82, 2.24) is 0 Å². The van der Waals surface area contributed by atoms with Crippen LogP contribution >= 0.6 is 0 Å². The Labute approximate surface area is 241 Å². The Morgan fingerprint density at radius 1 is 0.625 bits per heavy atom. The topological polar surface area (TPSA) is 65.2 Å². The van der Waals surface area contributed by atoms with Crippen LogP contribution in [0.25, 0.3) is 10.8 Å². The molecule has 0 saturated carbocycles. The van der Waals surface area contributed by atoms with Gasteiger partial charge in [0, 0.05) is 28.9 Å². The number of aliphatic imine (C=N–C) groups is 2. The number of phenolic OH excluding ortho intramolecular Hbond substituents is 2. The summed E-state index contributed by atoms with van der Waals surface area (Å²) in [5.41, 5.74) is 4.98. The third kappa shape index (κ3) is 6.29. The summed E-state index contributed by atoms with van der Waals surface area (Å²) in [6.45, 7) is 18.0. The van der Waals surface area contributed by atoms with Gasteiger partial charge in [0.1, 0.15) is 11.5 Å². The Morgan fingerprint density at radius 3 is 1.38 bits per heavy atom. The van der Waals surface area contributed by atoms with Gasteiger partial charge in [-0.3, -0.25) is 9.98 Å². The zero-order valence-corrected chi connectivity index (χ0v) is 27.1. The zero-order chi connectivity index (χ0) is 29.2. The van der Waals surface area contributed by atoms with E-state index in [9.17, 15) is 10.2 Å². The van der Waals surface area contributed by atoms with E-state index >= 15 is 0 Å². The lowest BCUT2D eigenvalue weighted by Gasteiger charge is -2.19. The minimum atomic E-state index is -1.58. The average Bonchev–Trinajstić information content (AvgIpc) is 2.90. The second-order valence-corrected chi connectivity index (χ2v) is 22.7. The molecule has 0 saturated heterocycles. The van der Waals surface area contributed by atoms with Crippen molar-refractivity contribution < 1.29 is 10.2 Å². The summed E-state index contributed by atoms with van der Waals surface area (Å²) in [7, 11) is -3.15. The van der Waals surface area contributed by atoms with Crippen molar-refractivity contribution in [3.05, 3.63) is 82.9 Å². The van der Waals surface area contributed by atoms with Crippen LogP contribution in [0.1, 0.15) is 36.1 Å². The fraction of sp³-hybridized carbons (Fsp3) is 0.294. The van der Waals surface area contributed by atoms with E-state index in [1.165, 1.54) is 10.4 Å². The van der Waals surface area contributed by atoms with Gasteiger partial charge in [0.05, 0.1) is 27.5 Å². The van der Waals surface area contributed by atoms with E-state index in [4.69, 9.17) is 9.98 Å². The van der Waals surface area contributed by atoms with Gasteiger partial charge in [0.2, 0.25) is 0 Å². The smallest absolute Gasteiger partial charge is 0.127 e. The highest BCUT2D eigenvalue weighted by Gasteiger charge is 2.21. The van der Waals surface area contributed by atoms with Crippen LogP contribution in [0, 0.1) is 0 Å². The molecule has 0 aromatic heterocycles. The van der Waals surface area contributed by atoms with Crippen molar-refractivity contribution >= 4 is 61.1 Å². The molecule has 0 aliphatic carbocycles. The maximum Gasteiger partial charge on any atom is 0.127 e. The number of hydrogen-bond donors (Lipinski definition) is 2. The van der Waals surface area contributed by atoms with Crippen molar-refractivity contribution in [1.29, 1.82) is 0 Å². The van der Waals surface area contributed by atoms with Crippen molar-refractivity contribution in [3.63, 3.8) is 0 Å². The van der Waals surface area contributed by atoms with E-state index in [0.717, 1.165) is 57.2 Å². The largest absolute Gasteiger partial charge is 0.507 e. The number of nitrogens with zero attached hydrogens (tertiary/aromatic N) is 2. The highest BCUT2D eigenvalue weighted by molar-refractivity contribution is 6.89. The predicted octanol–water partition coefficient (Wildman–Crippen LogP) is 7.97. The lowest BCUT2D eigenvalue weighted by atomic mass is 10.1. The lowest BCUT2D eigenvalue weighted by molar-refractivity contribution is 0.467. The Kier molecular flexibility index (Phi) is 8.52. The Bertz CT molecular complexity index is 1490. The van der Waals surface area contributed by atoms with Crippen molar-refractivity contribution in [2.24, 2.45) is 9.98 Å². The lowest BCUT2D eigenvalue weighted by Crippen LogP contribution is -2.38. The van der Waals surface area contributed by atoms with Gasteiger partial charge in [-0.1, -0.05) is 112 Å². The summed E-state index contributed by atoms with van der Waals surface area (Å²) in [6.07, 6.45) is 5.10. The molecule has 4 nitrogen and oxygen atoms in total. The van der Waals surface area contributed by atoms with E-state index < -0.39 is 16.1 Å². The van der Waals surface area contributed by atoms with E-state index in [1.807, 2.05) is 24.3 Å². The molecular weight excluding hydrogens is 525 g/mol. The van der Waals surface area contributed by atoms with Gasteiger partial charge in [-0.15, -0.1) is 0 Å². The normalized spacial score (nSPS) is 12.7. The maximum absolute atomic E-state index is 11.0. The monoisotopic (exact) mass is 566 g/mol. The summed E-state index contributed by atoms with van der Waals surface area (Å²) in [6, 6.07) is 20.6. The molecule has 0 atom stereocenters. The minimum Gasteiger partial charge on any atom is -0.507 e. The van der Waals surface area contributed by atoms with Crippen molar-refractivity contribution in [2.75, 3.05) is 0 Å². The van der Waals surface area contributed by atoms with Crippen LogP contribution < -0.4 is 10.4 Å². The van der Waals surface area contributed by atoms with Gasteiger partial charge in [-0.05, 0) is 41.5 Å². The number of hydrogen-bond acceptors (Lipinski definition) is 4. The molecule has 0 heterocycles. The van der Waals surface area contributed by atoms with Crippen LogP contribution in [0.15, 0.2) is 70.6 Å². The van der Waals surface area contributed by atoms with Crippen LogP contribution in [-0.4, -0.2) is 38.8 Å². The summed E-state index contributed by atoms with van der Waals surface area (Å²) < 4.78 is 0. The molecule has 0 spiro atoms. The van der Waals surface area contributed by atoms with E-state index in [2.05, 4.69) is 89.5 Å². The Morgan fingerprint density at radius 2 is 1.02 bits per heavy atom. The quantitative estimate of drug-likeness (QED) is 0.168. The number of phenols is 2. The molecule has 0 unspecified atom stereocenters. The molecule has 0 aliphatic rings. The molecule has 4 aromatic rings. The molecule has 4 rings (SSSR count). The molecule has 2 N–H and O–H groups in total. The van der Waals surface area contributed by atoms with Gasteiger partial charge < -0.3 is 10.2 Å². The molecule has 0 radical (unpaired) electrons. The number of rotatable bonds is 8. The fourth-order valence-electron chi connectivity index (χ4n) is 4.83. The van der Waals surface area contributed by atoms with Crippen molar-refractivity contribution in [3.8, 4) is 11.5 Å². The molecule has 4 aromatic carbocycles. The second-order valence-electron chi connectivity index (χ2n) is 12.5. The summed E-state index contributed by atoms with van der Waals surface area (Å²) in [5, 5.41) is 26.5. The fourth-order valence-corrected chi connectivity index (χ4v) is 7.23. The van der Waals surface area contributed by atoms with E-state index in [1.54, 1.807) is 12.4 Å². The first kappa shape index (κ1) is 29.5. The van der Waals surface area contributed by atoms with E-state index in [0.29, 0.717) is 11.5 Å². The predicted molar refractivity (Wildman–Crippen MR) is 179 cm³/mol. The third-order valence-corrected chi connectivity index (χ3v) is 11.5. The van der Waals surface area contributed by atoms with E-state index in [-0.39, 0.29) is 0 Å². The first-order chi connectivity index (χ1) is 18.8. The number of benzene rings is 4. The van der Waals surface area contributed by atoms with Crippen LogP contribution in [0.5, 0.6) is 11.5 Å². The Balaban J connectivity index is 1.82. The Hall–Kier alpha value is -3.49. The molecule has 0 bridgehead atoms. The van der Waals surface area contributed by atoms with Crippen LogP contribution in [0.4, 0.5) is 11.4 Å². The first-order valence-corrected chi connectivity index (χ1v) is 21.2. The molecule has 6 heteroatoms. The number of aromatic hydroxyl groups is 2. The van der Waals surface area contributed by atoms with Crippen LogP contribution in [0.3, 0.4) is 0 Å². The summed E-state index contributed by atoms with van der Waals surface area (Å²) >= 11 is 0. The summed E-state index contributed by atoms with van der Waals surface area (Å²) in [5.74, 6) is 0.604. The molecule has 0 amide bonds.